The zero-order valence-corrected chi connectivity index (χ0v) is 10.3. The Kier molecular flexibility index (Phi) is 3.42. The number of rotatable bonds is 3. The minimum absolute atomic E-state index is 0.228. The lowest BCUT2D eigenvalue weighted by Gasteiger charge is -2.05. The number of anilines is 1. The lowest BCUT2D eigenvalue weighted by Crippen LogP contribution is -2.06. The van der Waals surface area contributed by atoms with E-state index in [1.54, 1.807) is 0 Å². The van der Waals surface area contributed by atoms with Gasteiger partial charge in [-0.05, 0) is 12.8 Å². The van der Waals surface area contributed by atoms with Gasteiger partial charge >= 0.3 is 5.97 Å². The number of amides is 1. The number of carbonyl (C=O) groups is 2. The second kappa shape index (κ2) is 4.83. The molecular weight excluding hydrogens is 240 g/mol. The standard InChI is InChI=1S/C11H14N2O3S/c1-6(14)12-11-13-8(7-4-2-3-5-7)9(17-11)10(15)16/h7H,2-5H2,1H3,(H,15,16)(H,12,13,14). The molecule has 92 valence electrons. The number of thiazole rings is 1. The molecule has 17 heavy (non-hydrogen) atoms. The molecule has 0 bridgehead atoms. The number of nitrogens with zero attached hydrogens (tertiary/aromatic N) is 1. The first-order chi connectivity index (χ1) is 8.08. The molecule has 0 aromatic carbocycles. The number of carbonyl (C=O) groups excluding carboxylic acids is 1. The Morgan fingerprint density at radius 2 is 2.06 bits per heavy atom. The third-order valence-electron chi connectivity index (χ3n) is 2.87. The largest absolute Gasteiger partial charge is 0.477 e. The van der Waals surface area contributed by atoms with Crippen molar-refractivity contribution in [1.82, 2.24) is 4.98 Å². The summed E-state index contributed by atoms with van der Waals surface area (Å²) in [6, 6.07) is 0. The monoisotopic (exact) mass is 254 g/mol. The molecule has 1 aliphatic carbocycles. The molecule has 1 aromatic rings. The van der Waals surface area contributed by atoms with E-state index in [4.69, 9.17) is 5.11 Å². The van der Waals surface area contributed by atoms with E-state index in [1.807, 2.05) is 0 Å². The van der Waals surface area contributed by atoms with Crippen LogP contribution in [0.5, 0.6) is 0 Å². The maximum Gasteiger partial charge on any atom is 0.347 e. The highest BCUT2D eigenvalue weighted by atomic mass is 32.1. The summed E-state index contributed by atoms with van der Waals surface area (Å²) >= 11 is 1.04. The van der Waals surface area contributed by atoms with Crippen LogP contribution in [0, 0.1) is 0 Å². The third-order valence-corrected chi connectivity index (χ3v) is 3.85. The molecule has 1 heterocycles. The molecule has 6 heteroatoms. The molecule has 0 radical (unpaired) electrons. The third kappa shape index (κ3) is 2.63. The van der Waals surface area contributed by atoms with E-state index in [9.17, 15) is 9.59 Å². The fraction of sp³-hybridized carbons (Fsp3) is 0.545. The second-order valence-electron chi connectivity index (χ2n) is 4.20. The van der Waals surface area contributed by atoms with Crippen molar-refractivity contribution in [2.24, 2.45) is 0 Å². The minimum Gasteiger partial charge on any atom is -0.477 e. The predicted molar refractivity (Wildman–Crippen MR) is 64.6 cm³/mol. The molecule has 0 atom stereocenters. The molecule has 5 nitrogen and oxygen atoms in total. The van der Waals surface area contributed by atoms with E-state index in [-0.39, 0.29) is 16.7 Å². The molecule has 1 aliphatic rings. The Morgan fingerprint density at radius 3 is 2.59 bits per heavy atom. The van der Waals surface area contributed by atoms with Crippen molar-refractivity contribution in [3.05, 3.63) is 10.6 Å². The van der Waals surface area contributed by atoms with Crippen LogP contribution in [0.25, 0.3) is 0 Å². The summed E-state index contributed by atoms with van der Waals surface area (Å²) in [4.78, 5) is 26.6. The fourth-order valence-corrected chi connectivity index (χ4v) is 3.10. The van der Waals surface area contributed by atoms with E-state index < -0.39 is 5.97 Å². The van der Waals surface area contributed by atoms with Gasteiger partial charge in [0.2, 0.25) is 5.91 Å². The highest BCUT2D eigenvalue weighted by molar-refractivity contribution is 7.17. The smallest absolute Gasteiger partial charge is 0.347 e. The number of carboxylic acids is 1. The van der Waals surface area contributed by atoms with Crippen molar-refractivity contribution >= 4 is 28.3 Å². The summed E-state index contributed by atoms with van der Waals surface area (Å²) in [6.45, 7) is 1.39. The highest BCUT2D eigenvalue weighted by Gasteiger charge is 2.27. The summed E-state index contributed by atoms with van der Waals surface area (Å²) in [5.41, 5.74) is 0.642. The maximum atomic E-state index is 11.1. The van der Waals surface area contributed by atoms with Gasteiger partial charge in [0.25, 0.3) is 0 Å². The van der Waals surface area contributed by atoms with Crippen LogP contribution in [-0.4, -0.2) is 22.0 Å². The Morgan fingerprint density at radius 1 is 1.41 bits per heavy atom. The van der Waals surface area contributed by atoms with Crippen LogP contribution in [0.1, 0.15) is 53.9 Å². The molecule has 2 N–H and O–H groups in total. The van der Waals surface area contributed by atoms with Crippen LogP contribution < -0.4 is 5.32 Å². The number of carboxylic acid groups (broad SMARTS) is 1. The number of hydrogen-bond acceptors (Lipinski definition) is 4. The molecule has 1 aromatic heterocycles. The van der Waals surface area contributed by atoms with Gasteiger partial charge in [0.1, 0.15) is 4.88 Å². The van der Waals surface area contributed by atoms with Crippen LogP contribution in [0.3, 0.4) is 0 Å². The van der Waals surface area contributed by atoms with Crippen molar-refractivity contribution in [2.75, 3.05) is 5.32 Å². The molecule has 2 rings (SSSR count). The van der Waals surface area contributed by atoms with Crippen molar-refractivity contribution in [3.8, 4) is 0 Å². The Bertz CT molecular complexity index is 450. The van der Waals surface area contributed by atoms with E-state index in [0.717, 1.165) is 37.0 Å². The van der Waals surface area contributed by atoms with Gasteiger partial charge in [0, 0.05) is 12.8 Å². The average molecular weight is 254 g/mol. The molecule has 1 fully saturated rings. The first-order valence-electron chi connectivity index (χ1n) is 5.59. The van der Waals surface area contributed by atoms with Gasteiger partial charge < -0.3 is 10.4 Å². The van der Waals surface area contributed by atoms with Gasteiger partial charge in [-0.2, -0.15) is 0 Å². The van der Waals surface area contributed by atoms with Gasteiger partial charge in [0.05, 0.1) is 5.69 Å². The molecule has 1 amide bonds. The van der Waals surface area contributed by atoms with E-state index in [2.05, 4.69) is 10.3 Å². The van der Waals surface area contributed by atoms with E-state index in [1.165, 1.54) is 6.92 Å². The zero-order chi connectivity index (χ0) is 12.4. The van der Waals surface area contributed by atoms with E-state index in [0.29, 0.717) is 10.8 Å². The van der Waals surface area contributed by atoms with Crippen LogP contribution >= 0.6 is 11.3 Å². The summed E-state index contributed by atoms with van der Waals surface area (Å²) in [5.74, 6) is -0.950. The number of nitrogens with one attached hydrogen (secondary N) is 1. The zero-order valence-electron chi connectivity index (χ0n) is 9.52. The highest BCUT2D eigenvalue weighted by Crippen LogP contribution is 2.38. The van der Waals surface area contributed by atoms with E-state index >= 15 is 0 Å². The molecule has 0 spiro atoms. The quantitative estimate of drug-likeness (QED) is 0.868. The first kappa shape index (κ1) is 12.0. The summed E-state index contributed by atoms with van der Waals surface area (Å²) in [7, 11) is 0. The number of hydrogen-bond donors (Lipinski definition) is 2. The molecule has 1 saturated carbocycles. The van der Waals surface area contributed by atoms with Crippen molar-refractivity contribution < 1.29 is 14.7 Å². The van der Waals surface area contributed by atoms with Crippen molar-refractivity contribution in [3.63, 3.8) is 0 Å². The Labute approximate surface area is 103 Å². The van der Waals surface area contributed by atoms with Gasteiger partial charge in [0.15, 0.2) is 5.13 Å². The van der Waals surface area contributed by atoms with Gasteiger partial charge in [-0.1, -0.05) is 24.2 Å². The summed E-state index contributed by atoms with van der Waals surface area (Å²) < 4.78 is 0. The molecule has 0 saturated heterocycles. The normalized spacial score (nSPS) is 16.1. The molecule has 0 unspecified atom stereocenters. The van der Waals surface area contributed by atoms with Gasteiger partial charge in [-0.3, -0.25) is 4.79 Å². The Hall–Kier alpha value is -1.43. The number of aromatic nitrogens is 1. The summed E-state index contributed by atoms with van der Waals surface area (Å²) in [6.07, 6.45) is 4.22. The number of aromatic carboxylic acids is 1. The average Bonchev–Trinajstić information content (AvgIpc) is 2.82. The van der Waals surface area contributed by atoms with Gasteiger partial charge in [-0.15, -0.1) is 0 Å². The fourth-order valence-electron chi connectivity index (χ4n) is 2.17. The van der Waals surface area contributed by atoms with Crippen LogP contribution in [-0.2, 0) is 4.79 Å². The van der Waals surface area contributed by atoms with Crippen LogP contribution in [0.2, 0.25) is 0 Å². The lowest BCUT2D eigenvalue weighted by atomic mass is 10.0. The summed E-state index contributed by atoms with van der Waals surface area (Å²) in [5, 5.41) is 12.1. The van der Waals surface area contributed by atoms with Crippen LogP contribution in [0.15, 0.2) is 0 Å². The van der Waals surface area contributed by atoms with Crippen molar-refractivity contribution in [2.45, 2.75) is 38.5 Å². The minimum atomic E-state index is -0.957. The Balaban J connectivity index is 2.31. The SMILES string of the molecule is CC(=O)Nc1nc(C2CCCC2)c(C(=O)O)s1. The van der Waals surface area contributed by atoms with Crippen molar-refractivity contribution in [1.29, 1.82) is 0 Å². The lowest BCUT2D eigenvalue weighted by molar-refractivity contribution is -0.114. The topological polar surface area (TPSA) is 79.3 Å². The first-order valence-corrected chi connectivity index (χ1v) is 6.41. The molecular formula is C11H14N2O3S. The predicted octanol–water partition coefficient (Wildman–Crippen LogP) is 2.46. The second-order valence-corrected chi connectivity index (χ2v) is 5.20. The van der Waals surface area contributed by atoms with Crippen LogP contribution in [0.4, 0.5) is 5.13 Å². The van der Waals surface area contributed by atoms with Gasteiger partial charge in [-0.25, -0.2) is 9.78 Å². The maximum absolute atomic E-state index is 11.1. The molecule has 0 aliphatic heterocycles.